The minimum Gasteiger partial charge on any atom is -0.507 e. The van der Waals surface area contributed by atoms with Crippen LogP contribution >= 0.6 is 11.3 Å². The van der Waals surface area contributed by atoms with E-state index in [0.29, 0.717) is 22.8 Å². The van der Waals surface area contributed by atoms with Crippen molar-refractivity contribution in [3.8, 4) is 5.75 Å². The number of aliphatic hydroxyl groups excluding tert-OH is 1. The second-order valence-corrected chi connectivity index (χ2v) is 8.58. The molecule has 0 aliphatic carbocycles. The monoisotopic (exact) mass is 487 g/mol. The molecule has 1 amide bonds. The molecule has 2 heterocycles. The van der Waals surface area contributed by atoms with Gasteiger partial charge in [-0.15, -0.1) is 11.3 Å². The zero-order valence-corrected chi connectivity index (χ0v) is 18.8. The lowest BCUT2D eigenvalue weighted by Crippen LogP contribution is -2.29. The van der Waals surface area contributed by atoms with E-state index in [2.05, 4.69) is 0 Å². The third-order valence-corrected chi connectivity index (χ3v) is 6.32. The summed E-state index contributed by atoms with van der Waals surface area (Å²) in [4.78, 5) is 27.8. The summed E-state index contributed by atoms with van der Waals surface area (Å²) in [5.41, 5.74) is -0.409. The number of Topliss-reactive ketones (excluding diaryl/α,β-unsaturated/α-hetero) is 1. The molecule has 1 N–H and O–H groups in total. The van der Waals surface area contributed by atoms with Gasteiger partial charge < -0.3 is 14.7 Å². The van der Waals surface area contributed by atoms with Crippen molar-refractivity contribution in [2.75, 3.05) is 6.61 Å². The highest BCUT2D eigenvalue weighted by molar-refractivity contribution is 7.10. The van der Waals surface area contributed by atoms with Crippen molar-refractivity contribution >= 4 is 28.8 Å². The van der Waals surface area contributed by atoms with E-state index in [4.69, 9.17) is 4.74 Å². The second-order valence-electron chi connectivity index (χ2n) is 7.60. The van der Waals surface area contributed by atoms with Crippen LogP contribution in [0.15, 0.2) is 71.6 Å². The molecular weight excluding hydrogens is 467 g/mol. The molecule has 1 aliphatic rings. The van der Waals surface area contributed by atoms with Gasteiger partial charge >= 0.3 is 6.18 Å². The van der Waals surface area contributed by atoms with Gasteiger partial charge in [0.05, 0.1) is 23.8 Å². The molecule has 0 saturated carbocycles. The van der Waals surface area contributed by atoms with Crippen LogP contribution in [0.25, 0.3) is 5.76 Å². The zero-order chi connectivity index (χ0) is 24.5. The Balaban J connectivity index is 1.76. The molecule has 34 heavy (non-hydrogen) atoms. The van der Waals surface area contributed by atoms with Crippen LogP contribution in [-0.2, 0) is 22.3 Å². The number of carbonyl (C=O) groups is 2. The number of aliphatic hydroxyl groups is 1. The van der Waals surface area contributed by atoms with Gasteiger partial charge in [0.2, 0.25) is 0 Å². The summed E-state index contributed by atoms with van der Waals surface area (Å²) in [6.07, 6.45) is -4.54. The van der Waals surface area contributed by atoms with Crippen LogP contribution in [0.5, 0.6) is 5.75 Å². The molecule has 0 spiro atoms. The number of ether oxygens (including phenoxy) is 1. The molecule has 1 unspecified atom stereocenters. The Hall–Kier alpha value is -3.59. The maximum Gasteiger partial charge on any atom is 0.416 e. The number of halogens is 3. The Bertz CT molecular complexity index is 1230. The van der Waals surface area contributed by atoms with Crippen molar-refractivity contribution in [1.82, 2.24) is 4.90 Å². The smallest absolute Gasteiger partial charge is 0.416 e. The van der Waals surface area contributed by atoms with Gasteiger partial charge in [0.1, 0.15) is 11.5 Å². The van der Waals surface area contributed by atoms with Crippen LogP contribution in [0.1, 0.15) is 34.5 Å². The predicted molar refractivity (Wildman–Crippen MR) is 121 cm³/mol. The van der Waals surface area contributed by atoms with E-state index in [9.17, 15) is 27.9 Å². The van der Waals surface area contributed by atoms with E-state index in [1.54, 1.807) is 41.8 Å². The second kappa shape index (κ2) is 9.34. The Morgan fingerprint density at radius 2 is 1.82 bits per heavy atom. The molecule has 5 nitrogen and oxygen atoms in total. The van der Waals surface area contributed by atoms with Gasteiger partial charge in [-0.2, -0.15) is 13.2 Å². The molecule has 176 valence electrons. The first-order valence-corrected chi connectivity index (χ1v) is 11.3. The van der Waals surface area contributed by atoms with Crippen LogP contribution in [0.4, 0.5) is 13.2 Å². The lowest BCUT2D eigenvalue weighted by atomic mass is 9.99. The number of benzene rings is 2. The Morgan fingerprint density at radius 3 is 2.44 bits per heavy atom. The molecular formula is C25H20F3NO4S. The van der Waals surface area contributed by atoms with Crippen molar-refractivity contribution in [2.45, 2.75) is 25.7 Å². The van der Waals surface area contributed by atoms with Crippen molar-refractivity contribution < 1.29 is 32.6 Å². The Morgan fingerprint density at radius 1 is 1.09 bits per heavy atom. The summed E-state index contributed by atoms with van der Waals surface area (Å²) in [5.74, 6) is -1.55. The number of amides is 1. The van der Waals surface area contributed by atoms with E-state index in [1.165, 1.54) is 28.4 Å². The lowest BCUT2D eigenvalue weighted by molar-refractivity contribution is -0.140. The molecule has 1 aliphatic heterocycles. The third-order valence-electron chi connectivity index (χ3n) is 5.40. The first kappa shape index (κ1) is 23.6. The number of nitrogens with zero attached hydrogens (tertiary/aromatic N) is 1. The maximum atomic E-state index is 13.2. The molecule has 1 atom stereocenters. The summed E-state index contributed by atoms with van der Waals surface area (Å²) in [6, 6.07) is 13.6. The van der Waals surface area contributed by atoms with Gasteiger partial charge in [0.15, 0.2) is 0 Å². The molecule has 1 saturated heterocycles. The minimum atomic E-state index is -4.54. The molecule has 2 aromatic carbocycles. The van der Waals surface area contributed by atoms with Gasteiger partial charge in [-0.05, 0) is 60.3 Å². The zero-order valence-electron chi connectivity index (χ0n) is 18.0. The van der Waals surface area contributed by atoms with Gasteiger partial charge in [0.25, 0.3) is 11.7 Å². The van der Waals surface area contributed by atoms with Gasteiger partial charge in [-0.25, -0.2) is 0 Å². The number of carbonyl (C=O) groups excluding carboxylic acids is 2. The summed E-state index contributed by atoms with van der Waals surface area (Å²) in [5, 5.41) is 12.8. The molecule has 0 radical (unpaired) electrons. The highest BCUT2D eigenvalue weighted by Crippen LogP contribution is 2.42. The number of hydrogen-bond donors (Lipinski definition) is 1. The van der Waals surface area contributed by atoms with Gasteiger partial charge in [-0.3, -0.25) is 9.59 Å². The minimum absolute atomic E-state index is 0.108. The SMILES string of the molecule is CCOc1ccc(/C(O)=C2/C(=O)C(=O)N(Cc3cccc(C(F)(F)F)c3)C2c2cccs2)cc1. The van der Waals surface area contributed by atoms with Crippen molar-refractivity contribution in [3.05, 3.63) is 93.2 Å². The predicted octanol–water partition coefficient (Wildman–Crippen LogP) is 5.79. The summed E-state index contributed by atoms with van der Waals surface area (Å²) >= 11 is 1.28. The average Bonchev–Trinajstić information content (AvgIpc) is 3.42. The van der Waals surface area contributed by atoms with Crippen LogP contribution in [0.3, 0.4) is 0 Å². The van der Waals surface area contributed by atoms with Crippen LogP contribution < -0.4 is 4.74 Å². The van der Waals surface area contributed by atoms with E-state index in [-0.39, 0.29) is 23.4 Å². The Labute approximate surface area is 197 Å². The molecule has 3 aromatic rings. The van der Waals surface area contributed by atoms with Crippen molar-refractivity contribution in [3.63, 3.8) is 0 Å². The number of thiophene rings is 1. The van der Waals surface area contributed by atoms with E-state index in [0.717, 1.165) is 12.1 Å². The lowest BCUT2D eigenvalue weighted by Gasteiger charge is -2.24. The first-order chi connectivity index (χ1) is 16.2. The highest BCUT2D eigenvalue weighted by atomic mass is 32.1. The van der Waals surface area contributed by atoms with Crippen molar-refractivity contribution in [1.29, 1.82) is 0 Å². The van der Waals surface area contributed by atoms with Crippen LogP contribution in [0.2, 0.25) is 0 Å². The van der Waals surface area contributed by atoms with Crippen molar-refractivity contribution in [2.24, 2.45) is 0 Å². The van der Waals surface area contributed by atoms with Crippen LogP contribution in [-0.4, -0.2) is 28.3 Å². The number of hydrogen-bond acceptors (Lipinski definition) is 5. The molecule has 1 fully saturated rings. The summed E-state index contributed by atoms with van der Waals surface area (Å²) < 4.78 is 44.9. The maximum absolute atomic E-state index is 13.2. The highest BCUT2D eigenvalue weighted by Gasteiger charge is 2.46. The fourth-order valence-electron chi connectivity index (χ4n) is 3.86. The standard InChI is InChI=1S/C25H20F3NO4S/c1-2-33-18-10-8-16(9-11-18)22(30)20-21(19-7-4-12-34-19)29(24(32)23(20)31)14-15-5-3-6-17(13-15)25(26,27)28/h3-13,21,30H,2,14H2,1H3/b22-20-. The first-order valence-electron chi connectivity index (χ1n) is 10.4. The largest absolute Gasteiger partial charge is 0.507 e. The molecule has 1 aromatic heterocycles. The van der Waals surface area contributed by atoms with Gasteiger partial charge in [0, 0.05) is 17.0 Å². The average molecular weight is 487 g/mol. The van der Waals surface area contributed by atoms with E-state index < -0.39 is 29.5 Å². The third kappa shape index (κ3) is 4.56. The fourth-order valence-corrected chi connectivity index (χ4v) is 4.71. The molecule has 9 heteroatoms. The molecule has 0 bridgehead atoms. The topological polar surface area (TPSA) is 66.8 Å². The number of rotatable bonds is 6. The number of alkyl halides is 3. The summed E-state index contributed by atoms with van der Waals surface area (Å²) in [6.45, 7) is 2.07. The Kier molecular flexibility index (Phi) is 6.47. The quantitative estimate of drug-likeness (QED) is 0.272. The normalized spacial score (nSPS) is 17.9. The van der Waals surface area contributed by atoms with E-state index >= 15 is 0 Å². The molecule has 4 rings (SSSR count). The number of likely N-dealkylation sites (tertiary alicyclic amines) is 1. The summed E-state index contributed by atoms with van der Waals surface area (Å²) in [7, 11) is 0. The number of ketones is 1. The van der Waals surface area contributed by atoms with E-state index in [1.807, 2.05) is 6.92 Å². The fraction of sp³-hybridized carbons (Fsp3) is 0.200. The van der Waals surface area contributed by atoms with Crippen LogP contribution in [0, 0.1) is 0 Å². The van der Waals surface area contributed by atoms with Gasteiger partial charge in [-0.1, -0.05) is 18.2 Å².